The molecule has 1 aliphatic heterocycles. The van der Waals surface area contributed by atoms with E-state index in [4.69, 9.17) is 10.5 Å². The number of hydrogen-bond acceptors (Lipinski definition) is 5. The van der Waals surface area contributed by atoms with Crippen molar-refractivity contribution in [3.8, 4) is 11.6 Å². The Morgan fingerprint density at radius 1 is 1.17 bits per heavy atom. The summed E-state index contributed by atoms with van der Waals surface area (Å²) in [6.45, 7) is 1.12. The van der Waals surface area contributed by atoms with Gasteiger partial charge in [0.15, 0.2) is 0 Å². The molecule has 0 atom stereocenters. The first-order valence-electron chi connectivity index (χ1n) is 9.64. The Labute approximate surface area is 174 Å². The highest BCUT2D eigenvalue weighted by molar-refractivity contribution is 5.93. The zero-order valence-corrected chi connectivity index (χ0v) is 17.0. The van der Waals surface area contributed by atoms with Gasteiger partial charge in [-0.05, 0) is 37.1 Å². The van der Waals surface area contributed by atoms with Crippen LogP contribution in [0.25, 0.3) is 0 Å². The van der Waals surface area contributed by atoms with E-state index in [1.54, 1.807) is 54.2 Å². The van der Waals surface area contributed by atoms with Crippen LogP contribution in [0.15, 0.2) is 42.6 Å². The van der Waals surface area contributed by atoms with Gasteiger partial charge in [-0.25, -0.2) is 9.78 Å². The van der Waals surface area contributed by atoms with Crippen LogP contribution in [0.4, 0.5) is 10.5 Å². The summed E-state index contributed by atoms with van der Waals surface area (Å²) in [6, 6.07) is 9.79. The molecular formula is C21H25N5O4. The van der Waals surface area contributed by atoms with Gasteiger partial charge in [0, 0.05) is 44.7 Å². The number of carbonyl (C=O) groups is 3. The number of urea groups is 1. The van der Waals surface area contributed by atoms with Crippen molar-refractivity contribution in [2.75, 3.05) is 32.5 Å². The van der Waals surface area contributed by atoms with E-state index in [9.17, 15) is 14.4 Å². The third-order valence-corrected chi connectivity index (χ3v) is 4.86. The van der Waals surface area contributed by atoms with Gasteiger partial charge in [0.25, 0.3) is 0 Å². The average Bonchev–Trinajstić information content (AvgIpc) is 2.74. The summed E-state index contributed by atoms with van der Waals surface area (Å²) in [7, 11) is 3.44. The van der Waals surface area contributed by atoms with Crippen LogP contribution in [0, 0.1) is 5.92 Å². The maximum absolute atomic E-state index is 12.5. The number of hydrogen-bond donors (Lipinski definition) is 2. The molecule has 30 heavy (non-hydrogen) atoms. The van der Waals surface area contributed by atoms with E-state index in [1.165, 1.54) is 12.3 Å². The number of aromatic nitrogens is 1. The molecule has 1 aromatic heterocycles. The van der Waals surface area contributed by atoms with E-state index in [0.29, 0.717) is 48.8 Å². The number of nitrogens with one attached hydrogen (secondary N) is 1. The van der Waals surface area contributed by atoms with Crippen LogP contribution in [0.5, 0.6) is 11.6 Å². The summed E-state index contributed by atoms with van der Waals surface area (Å²) in [5.74, 6) is -0.0108. The molecule has 3 N–H and O–H groups in total. The SMILES string of the molecule is CN(C)C(=O)N1CCC(C(=O)Nc2ccc(Oc3cccc(C(N)=O)c3)nc2)CC1. The van der Waals surface area contributed by atoms with E-state index in [2.05, 4.69) is 10.3 Å². The van der Waals surface area contributed by atoms with E-state index >= 15 is 0 Å². The number of amides is 4. The summed E-state index contributed by atoms with van der Waals surface area (Å²) in [5, 5.41) is 2.86. The molecule has 1 aromatic carbocycles. The van der Waals surface area contributed by atoms with Crippen molar-refractivity contribution >= 4 is 23.5 Å². The second kappa shape index (κ2) is 9.25. The van der Waals surface area contributed by atoms with Gasteiger partial charge >= 0.3 is 6.03 Å². The van der Waals surface area contributed by atoms with Gasteiger partial charge in [-0.1, -0.05) is 6.07 Å². The van der Waals surface area contributed by atoms with E-state index < -0.39 is 5.91 Å². The molecular weight excluding hydrogens is 386 g/mol. The number of carbonyl (C=O) groups excluding carboxylic acids is 3. The molecule has 9 nitrogen and oxygen atoms in total. The monoisotopic (exact) mass is 411 g/mol. The van der Waals surface area contributed by atoms with E-state index in [1.807, 2.05) is 0 Å². The molecule has 2 aromatic rings. The standard InChI is InChI=1S/C21H25N5O4/c1-25(2)21(29)26-10-8-14(9-11-26)20(28)24-16-6-7-18(23-13-16)30-17-5-3-4-15(12-17)19(22)27/h3-7,12-14H,8-11H2,1-2H3,(H2,22,27)(H,24,28). The normalized spacial score (nSPS) is 14.1. The molecule has 1 fully saturated rings. The number of likely N-dealkylation sites (tertiary alicyclic amines) is 1. The van der Waals surface area contributed by atoms with Crippen LogP contribution < -0.4 is 15.8 Å². The summed E-state index contributed by atoms with van der Waals surface area (Å²) in [5.41, 5.74) is 6.17. The van der Waals surface area contributed by atoms with Gasteiger partial charge in [-0.3, -0.25) is 9.59 Å². The molecule has 0 bridgehead atoms. The number of ether oxygens (including phenoxy) is 1. The maximum atomic E-state index is 12.5. The lowest BCUT2D eigenvalue weighted by Crippen LogP contribution is -2.45. The second-order valence-corrected chi connectivity index (χ2v) is 7.31. The molecule has 0 aliphatic carbocycles. The first kappa shape index (κ1) is 21.1. The Morgan fingerprint density at radius 3 is 2.50 bits per heavy atom. The van der Waals surface area contributed by atoms with Gasteiger partial charge in [0.1, 0.15) is 5.75 Å². The molecule has 0 saturated carbocycles. The molecule has 0 unspecified atom stereocenters. The summed E-state index contributed by atoms with van der Waals surface area (Å²) in [6.07, 6.45) is 2.75. The lowest BCUT2D eigenvalue weighted by Gasteiger charge is -2.33. The highest BCUT2D eigenvalue weighted by atomic mass is 16.5. The van der Waals surface area contributed by atoms with Crippen molar-refractivity contribution in [1.82, 2.24) is 14.8 Å². The van der Waals surface area contributed by atoms with Crippen molar-refractivity contribution in [1.29, 1.82) is 0 Å². The van der Waals surface area contributed by atoms with Gasteiger partial charge in [-0.2, -0.15) is 0 Å². The molecule has 3 rings (SSSR count). The number of piperidine rings is 1. The third kappa shape index (κ3) is 5.25. The molecule has 2 heterocycles. The summed E-state index contributed by atoms with van der Waals surface area (Å²) >= 11 is 0. The fourth-order valence-corrected chi connectivity index (χ4v) is 3.21. The smallest absolute Gasteiger partial charge is 0.319 e. The molecule has 1 saturated heterocycles. The molecule has 158 valence electrons. The zero-order chi connectivity index (χ0) is 21.7. The largest absolute Gasteiger partial charge is 0.439 e. The van der Waals surface area contributed by atoms with E-state index in [-0.39, 0.29) is 17.9 Å². The Balaban J connectivity index is 1.53. The van der Waals surface area contributed by atoms with Crippen molar-refractivity contribution in [3.05, 3.63) is 48.2 Å². The number of anilines is 1. The van der Waals surface area contributed by atoms with Crippen molar-refractivity contribution in [2.24, 2.45) is 11.7 Å². The molecule has 9 heteroatoms. The van der Waals surface area contributed by atoms with Gasteiger partial charge in [0.05, 0.1) is 11.9 Å². The average molecular weight is 411 g/mol. The predicted octanol–water partition coefficient (Wildman–Crippen LogP) is 2.30. The van der Waals surface area contributed by atoms with E-state index in [0.717, 1.165) is 0 Å². The minimum atomic E-state index is -0.539. The first-order valence-corrected chi connectivity index (χ1v) is 9.64. The zero-order valence-electron chi connectivity index (χ0n) is 17.0. The fourth-order valence-electron chi connectivity index (χ4n) is 3.21. The number of primary amides is 1. The van der Waals surface area contributed by atoms with Crippen molar-refractivity contribution < 1.29 is 19.1 Å². The van der Waals surface area contributed by atoms with Crippen LogP contribution in [0.1, 0.15) is 23.2 Å². The maximum Gasteiger partial charge on any atom is 0.319 e. The van der Waals surface area contributed by atoms with Crippen molar-refractivity contribution in [3.63, 3.8) is 0 Å². The van der Waals surface area contributed by atoms with Crippen LogP contribution in [0.2, 0.25) is 0 Å². The number of benzene rings is 1. The van der Waals surface area contributed by atoms with Crippen LogP contribution in [0.3, 0.4) is 0 Å². The number of nitrogens with zero attached hydrogens (tertiary/aromatic N) is 3. The first-order chi connectivity index (χ1) is 14.3. The highest BCUT2D eigenvalue weighted by Gasteiger charge is 2.28. The quantitative estimate of drug-likeness (QED) is 0.783. The predicted molar refractivity (Wildman–Crippen MR) is 111 cm³/mol. The molecule has 4 amide bonds. The molecule has 1 aliphatic rings. The lowest BCUT2D eigenvalue weighted by molar-refractivity contribution is -0.121. The Bertz CT molecular complexity index is 921. The number of nitrogens with two attached hydrogens (primary N) is 1. The summed E-state index contributed by atoms with van der Waals surface area (Å²) < 4.78 is 5.63. The number of pyridine rings is 1. The summed E-state index contributed by atoms with van der Waals surface area (Å²) in [4.78, 5) is 43.3. The minimum absolute atomic E-state index is 0.0324. The third-order valence-electron chi connectivity index (χ3n) is 4.86. The highest BCUT2D eigenvalue weighted by Crippen LogP contribution is 2.23. The molecule has 0 spiro atoms. The Morgan fingerprint density at radius 2 is 1.90 bits per heavy atom. The van der Waals surface area contributed by atoms with Crippen molar-refractivity contribution in [2.45, 2.75) is 12.8 Å². The minimum Gasteiger partial charge on any atom is -0.439 e. The fraction of sp³-hybridized carbons (Fsp3) is 0.333. The lowest BCUT2D eigenvalue weighted by atomic mass is 9.96. The van der Waals surface area contributed by atoms with Crippen LogP contribution in [-0.4, -0.2) is 59.8 Å². The molecule has 0 radical (unpaired) electrons. The Hall–Kier alpha value is -3.62. The van der Waals surface area contributed by atoms with Gasteiger partial charge in [0.2, 0.25) is 17.7 Å². The van der Waals surface area contributed by atoms with Crippen LogP contribution in [-0.2, 0) is 4.79 Å². The van der Waals surface area contributed by atoms with Crippen LogP contribution >= 0.6 is 0 Å². The van der Waals surface area contributed by atoms with Gasteiger partial charge in [-0.15, -0.1) is 0 Å². The topological polar surface area (TPSA) is 118 Å². The second-order valence-electron chi connectivity index (χ2n) is 7.31. The Kier molecular flexibility index (Phi) is 6.51. The van der Waals surface area contributed by atoms with Gasteiger partial charge < -0.3 is 25.6 Å². The number of rotatable bonds is 5.